The Balaban J connectivity index is 1.81. The molecule has 8 heteroatoms. The van der Waals surface area contributed by atoms with E-state index in [-0.39, 0.29) is 5.91 Å². The van der Waals surface area contributed by atoms with Gasteiger partial charge in [-0.25, -0.2) is 4.98 Å². The first-order valence-corrected chi connectivity index (χ1v) is 9.39. The molecule has 0 atom stereocenters. The molecule has 3 rings (SSSR count). The Bertz CT molecular complexity index is 954. The first-order valence-electron chi connectivity index (χ1n) is 7.78. The molecule has 0 spiro atoms. The minimum Gasteiger partial charge on any atom is -0.494 e. The van der Waals surface area contributed by atoms with Gasteiger partial charge in [-0.3, -0.25) is 4.79 Å². The van der Waals surface area contributed by atoms with Crippen molar-refractivity contribution in [2.24, 2.45) is 0 Å². The Morgan fingerprint density at radius 1 is 1.27 bits per heavy atom. The van der Waals surface area contributed by atoms with Crippen LogP contribution in [0.1, 0.15) is 13.8 Å². The number of amides is 1. The Labute approximate surface area is 163 Å². The molecular weight excluding hydrogens is 418 g/mol. The summed E-state index contributed by atoms with van der Waals surface area (Å²) >= 11 is 4.71. The summed E-state index contributed by atoms with van der Waals surface area (Å²) in [6, 6.07) is 10.9. The second-order valence-electron chi connectivity index (χ2n) is 6.10. The summed E-state index contributed by atoms with van der Waals surface area (Å²) in [5, 5.41) is 3.32. The van der Waals surface area contributed by atoms with Crippen LogP contribution < -0.4 is 20.5 Å². The number of anilines is 2. The van der Waals surface area contributed by atoms with Crippen molar-refractivity contribution in [3.63, 3.8) is 0 Å². The van der Waals surface area contributed by atoms with Crippen molar-refractivity contribution < 1.29 is 14.3 Å². The summed E-state index contributed by atoms with van der Waals surface area (Å²) in [6.07, 6.45) is 0. The Morgan fingerprint density at radius 2 is 1.96 bits per heavy atom. The predicted octanol–water partition coefficient (Wildman–Crippen LogP) is 4.45. The summed E-state index contributed by atoms with van der Waals surface area (Å²) in [5.41, 5.74) is 5.98. The molecule has 1 aromatic heterocycles. The van der Waals surface area contributed by atoms with Crippen molar-refractivity contribution in [3.05, 3.63) is 40.9 Å². The fraction of sp³-hybridized carbons (Fsp3) is 0.222. The van der Waals surface area contributed by atoms with Crippen molar-refractivity contribution >= 4 is 54.2 Å². The number of carbonyl (C=O) groups excluding carboxylic acids is 1. The van der Waals surface area contributed by atoms with Crippen LogP contribution in [0.3, 0.4) is 0 Å². The second kappa shape index (κ2) is 7.13. The standard InChI is InChI=1S/C18H18BrN3O3S/c1-18(2,25-12-6-4-10(19)5-7-12)16(23)21-11-8-13(24-3)15-14(9-11)26-17(20)22-15/h4-9H,1-3H3,(H2,20,22)(H,21,23). The normalized spacial score (nSPS) is 11.4. The molecule has 0 saturated heterocycles. The van der Waals surface area contributed by atoms with Crippen LogP contribution in [0.5, 0.6) is 11.5 Å². The van der Waals surface area contributed by atoms with Gasteiger partial charge in [0.2, 0.25) is 0 Å². The molecule has 1 heterocycles. The van der Waals surface area contributed by atoms with Gasteiger partial charge < -0.3 is 20.5 Å². The van der Waals surface area contributed by atoms with E-state index >= 15 is 0 Å². The van der Waals surface area contributed by atoms with E-state index in [1.165, 1.54) is 11.3 Å². The van der Waals surface area contributed by atoms with E-state index in [0.29, 0.717) is 27.8 Å². The van der Waals surface area contributed by atoms with Crippen molar-refractivity contribution in [2.75, 3.05) is 18.2 Å². The molecule has 0 unspecified atom stereocenters. The Hall–Kier alpha value is -2.32. The molecule has 26 heavy (non-hydrogen) atoms. The average molecular weight is 436 g/mol. The lowest BCUT2D eigenvalue weighted by Gasteiger charge is -2.25. The van der Waals surface area contributed by atoms with E-state index in [4.69, 9.17) is 15.2 Å². The lowest BCUT2D eigenvalue weighted by atomic mass is 10.1. The van der Waals surface area contributed by atoms with E-state index in [2.05, 4.69) is 26.2 Å². The number of benzene rings is 2. The molecule has 136 valence electrons. The monoisotopic (exact) mass is 435 g/mol. The van der Waals surface area contributed by atoms with Gasteiger partial charge in [0.25, 0.3) is 5.91 Å². The van der Waals surface area contributed by atoms with E-state index in [1.54, 1.807) is 39.2 Å². The smallest absolute Gasteiger partial charge is 0.267 e. The van der Waals surface area contributed by atoms with E-state index in [9.17, 15) is 4.79 Å². The van der Waals surface area contributed by atoms with Gasteiger partial charge in [0.15, 0.2) is 10.7 Å². The van der Waals surface area contributed by atoms with Crippen LogP contribution in [0.25, 0.3) is 10.2 Å². The molecule has 0 radical (unpaired) electrons. The molecule has 0 saturated carbocycles. The lowest BCUT2D eigenvalue weighted by Crippen LogP contribution is -2.42. The zero-order chi connectivity index (χ0) is 18.9. The highest BCUT2D eigenvalue weighted by atomic mass is 79.9. The maximum absolute atomic E-state index is 12.7. The lowest BCUT2D eigenvalue weighted by molar-refractivity contribution is -0.128. The van der Waals surface area contributed by atoms with Gasteiger partial charge in [0, 0.05) is 16.2 Å². The molecule has 0 fully saturated rings. The molecule has 0 aliphatic rings. The number of aromatic nitrogens is 1. The molecule has 2 aromatic carbocycles. The maximum atomic E-state index is 12.7. The summed E-state index contributed by atoms with van der Waals surface area (Å²) < 4.78 is 13.0. The molecule has 3 aromatic rings. The van der Waals surface area contributed by atoms with Crippen molar-refractivity contribution in [2.45, 2.75) is 19.4 Å². The van der Waals surface area contributed by atoms with E-state index in [1.807, 2.05) is 18.2 Å². The molecule has 6 nitrogen and oxygen atoms in total. The van der Waals surface area contributed by atoms with Crippen LogP contribution in [-0.4, -0.2) is 23.6 Å². The van der Waals surface area contributed by atoms with Crippen LogP contribution in [0, 0.1) is 0 Å². The van der Waals surface area contributed by atoms with Crippen molar-refractivity contribution in [1.82, 2.24) is 4.98 Å². The quantitative estimate of drug-likeness (QED) is 0.618. The Kier molecular flexibility index (Phi) is 5.06. The van der Waals surface area contributed by atoms with Crippen molar-refractivity contribution in [1.29, 1.82) is 0 Å². The minimum atomic E-state index is -1.07. The molecular formula is C18H18BrN3O3S. The summed E-state index contributed by atoms with van der Waals surface area (Å²) in [4.78, 5) is 17.0. The average Bonchev–Trinajstić information content (AvgIpc) is 2.96. The predicted molar refractivity (Wildman–Crippen MR) is 108 cm³/mol. The number of fused-ring (bicyclic) bond motifs is 1. The number of hydrogen-bond donors (Lipinski definition) is 2. The number of halogens is 1. The third-order valence-corrected chi connectivity index (χ3v) is 5.05. The zero-order valence-corrected chi connectivity index (χ0v) is 16.9. The van der Waals surface area contributed by atoms with Crippen molar-refractivity contribution in [3.8, 4) is 11.5 Å². The molecule has 3 N–H and O–H groups in total. The number of ether oxygens (including phenoxy) is 2. The zero-order valence-electron chi connectivity index (χ0n) is 14.5. The number of nitrogens with one attached hydrogen (secondary N) is 1. The number of nitrogen functional groups attached to an aromatic ring is 1. The van der Waals surface area contributed by atoms with Crippen LogP contribution in [-0.2, 0) is 4.79 Å². The van der Waals surface area contributed by atoms with E-state index in [0.717, 1.165) is 9.17 Å². The minimum absolute atomic E-state index is 0.278. The topological polar surface area (TPSA) is 86.5 Å². The second-order valence-corrected chi connectivity index (χ2v) is 8.08. The van der Waals surface area contributed by atoms with Gasteiger partial charge in [-0.05, 0) is 44.2 Å². The highest BCUT2D eigenvalue weighted by Crippen LogP contribution is 2.34. The number of methoxy groups -OCH3 is 1. The molecule has 0 aliphatic carbocycles. The third-order valence-electron chi connectivity index (χ3n) is 3.69. The van der Waals surface area contributed by atoms with Gasteiger partial charge in [0.1, 0.15) is 17.0 Å². The largest absolute Gasteiger partial charge is 0.494 e. The number of carbonyl (C=O) groups is 1. The summed E-state index contributed by atoms with van der Waals surface area (Å²) in [7, 11) is 1.55. The third kappa shape index (κ3) is 3.91. The van der Waals surface area contributed by atoms with E-state index < -0.39 is 5.60 Å². The number of rotatable bonds is 5. The van der Waals surface area contributed by atoms with Gasteiger partial charge in [-0.1, -0.05) is 27.3 Å². The first-order chi connectivity index (χ1) is 12.3. The van der Waals surface area contributed by atoms with Gasteiger partial charge in [-0.2, -0.15) is 0 Å². The van der Waals surface area contributed by atoms with Gasteiger partial charge >= 0.3 is 0 Å². The highest BCUT2D eigenvalue weighted by Gasteiger charge is 2.30. The SMILES string of the molecule is COc1cc(NC(=O)C(C)(C)Oc2ccc(Br)cc2)cc2sc(N)nc12. The molecule has 0 aliphatic heterocycles. The van der Waals surface area contributed by atoms with Gasteiger partial charge in [0.05, 0.1) is 11.8 Å². The number of nitrogens with zero attached hydrogens (tertiary/aromatic N) is 1. The summed E-state index contributed by atoms with van der Waals surface area (Å²) in [5.74, 6) is 0.883. The van der Waals surface area contributed by atoms with Crippen LogP contribution in [0.2, 0.25) is 0 Å². The first kappa shape index (κ1) is 18.5. The number of thiazole rings is 1. The van der Waals surface area contributed by atoms with Gasteiger partial charge in [-0.15, -0.1) is 0 Å². The van der Waals surface area contributed by atoms with Crippen LogP contribution in [0.4, 0.5) is 10.8 Å². The highest BCUT2D eigenvalue weighted by molar-refractivity contribution is 9.10. The fourth-order valence-corrected chi connectivity index (χ4v) is 3.42. The number of hydrogen-bond acceptors (Lipinski definition) is 6. The molecule has 0 bridgehead atoms. The fourth-order valence-electron chi connectivity index (χ4n) is 2.37. The van der Waals surface area contributed by atoms with Crippen LogP contribution in [0.15, 0.2) is 40.9 Å². The maximum Gasteiger partial charge on any atom is 0.267 e. The summed E-state index contributed by atoms with van der Waals surface area (Å²) in [6.45, 7) is 3.43. The molecule has 1 amide bonds. The van der Waals surface area contributed by atoms with Crippen LogP contribution >= 0.6 is 27.3 Å². The number of nitrogens with two attached hydrogens (primary N) is 1. The Morgan fingerprint density at radius 3 is 2.62 bits per heavy atom.